The zero-order chi connectivity index (χ0) is 21.4. The second-order valence-corrected chi connectivity index (χ2v) is 7.60. The highest BCUT2D eigenvalue weighted by molar-refractivity contribution is 9.10. The van der Waals surface area contributed by atoms with Gasteiger partial charge in [-0.3, -0.25) is 14.5 Å². The third-order valence-corrected chi connectivity index (χ3v) is 5.43. The highest BCUT2D eigenvalue weighted by Crippen LogP contribution is 2.45. The van der Waals surface area contributed by atoms with Crippen molar-refractivity contribution in [2.45, 2.75) is 6.04 Å². The minimum absolute atomic E-state index is 0.0265. The zero-order valence-electron chi connectivity index (χ0n) is 15.4. The van der Waals surface area contributed by atoms with Gasteiger partial charge in [-0.1, -0.05) is 58.4 Å². The van der Waals surface area contributed by atoms with E-state index in [1.54, 1.807) is 42.5 Å². The first kappa shape index (κ1) is 19.8. The third-order valence-electron chi connectivity index (χ3n) is 4.90. The maximum Gasteiger partial charge on any atom is 0.300 e. The molecule has 30 heavy (non-hydrogen) atoms. The Hall–Kier alpha value is -3.45. The van der Waals surface area contributed by atoms with Crippen molar-refractivity contribution in [2.75, 3.05) is 4.90 Å². The van der Waals surface area contributed by atoms with E-state index in [0.717, 1.165) is 9.37 Å². The van der Waals surface area contributed by atoms with Gasteiger partial charge in [0.1, 0.15) is 17.3 Å². The number of benzene rings is 3. The summed E-state index contributed by atoms with van der Waals surface area (Å²) in [4.78, 5) is 26.9. The average molecular weight is 468 g/mol. The van der Waals surface area contributed by atoms with Gasteiger partial charge in [-0.15, -0.1) is 0 Å². The molecule has 1 saturated heterocycles. The molecule has 3 aromatic carbocycles. The van der Waals surface area contributed by atoms with E-state index in [0.29, 0.717) is 5.56 Å². The average Bonchev–Trinajstić information content (AvgIpc) is 2.99. The molecule has 0 saturated carbocycles. The van der Waals surface area contributed by atoms with Gasteiger partial charge in [-0.2, -0.15) is 0 Å². The predicted octanol–water partition coefficient (Wildman–Crippen LogP) is 4.92. The summed E-state index contributed by atoms with van der Waals surface area (Å²) in [5, 5.41) is 21.2. The Morgan fingerprint density at radius 2 is 1.57 bits per heavy atom. The van der Waals surface area contributed by atoms with Gasteiger partial charge < -0.3 is 10.2 Å². The molecule has 1 atom stereocenters. The van der Waals surface area contributed by atoms with Gasteiger partial charge in [0.15, 0.2) is 0 Å². The van der Waals surface area contributed by atoms with Gasteiger partial charge in [-0.05, 0) is 30.3 Å². The summed E-state index contributed by atoms with van der Waals surface area (Å²) in [5.41, 5.74) is 0.117. The number of nitrogens with zero attached hydrogens (tertiary/aromatic N) is 1. The number of halogens is 2. The molecule has 4 rings (SSSR count). The van der Waals surface area contributed by atoms with Crippen LogP contribution in [0, 0.1) is 5.82 Å². The van der Waals surface area contributed by atoms with Crippen molar-refractivity contribution in [3.05, 3.63) is 99.8 Å². The summed E-state index contributed by atoms with van der Waals surface area (Å²) in [5.74, 6) is -3.25. The van der Waals surface area contributed by atoms with Gasteiger partial charge in [0.2, 0.25) is 0 Å². The smallest absolute Gasteiger partial charge is 0.300 e. The number of amides is 1. The molecule has 0 bridgehead atoms. The zero-order valence-corrected chi connectivity index (χ0v) is 17.0. The molecule has 1 heterocycles. The summed E-state index contributed by atoms with van der Waals surface area (Å²) >= 11 is 3.30. The highest BCUT2D eigenvalue weighted by atomic mass is 79.9. The number of aliphatic hydroxyl groups excluding tert-OH is 1. The Morgan fingerprint density at radius 3 is 2.23 bits per heavy atom. The van der Waals surface area contributed by atoms with E-state index in [4.69, 9.17) is 0 Å². The number of hydrogen-bond acceptors (Lipinski definition) is 4. The Bertz CT molecular complexity index is 1190. The summed E-state index contributed by atoms with van der Waals surface area (Å²) in [7, 11) is 0. The van der Waals surface area contributed by atoms with E-state index in [9.17, 15) is 24.2 Å². The molecule has 1 aliphatic rings. The van der Waals surface area contributed by atoms with E-state index in [-0.39, 0.29) is 22.6 Å². The molecule has 5 nitrogen and oxygen atoms in total. The number of anilines is 1. The van der Waals surface area contributed by atoms with Crippen molar-refractivity contribution in [2.24, 2.45) is 0 Å². The number of aromatic hydroxyl groups is 1. The monoisotopic (exact) mass is 467 g/mol. The number of phenolic OH excluding ortho intramolecular Hbond substituents is 1. The Labute approximate surface area is 179 Å². The number of aliphatic hydroxyl groups is 1. The topological polar surface area (TPSA) is 77.8 Å². The molecule has 150 valence electrons. The molecule has 1 amide bonds. The predicted molar refractivity (Wildman–Crippen MR) is 113 cm³/mol. The standard InChI is InChI=1S/C23H15BrFNO4/c24-14-11-9-13(10-12-14)21(28)19-20(15-5-1-2-6-16(15)25)26(23(30)22(19)29)17-7-3-4-8-18(17)27/h1-12,20,27-28H/b21-19+. The Kier molecular flexibility index (Phi) is 5.13. The largest absolute Gasteiger partial charge is 0.507 e. The second kappa shape index (κ2) is 7.76. The van der Waals surface area contributed by atoms with Crippen LogP contribution in [0.2, 0.25) is 0 Å². The lowest BCUT2D eigenvalue weighted by Crippen LogP contribution is -2.29. The number of carbonyl (C=O) groups excluding carboxylic acids is 2. The molecule has 1 unspecified atom stereocenters. The molecular weight excluding hydrogens is 453 g/mol. The van der Waals surface area contributed by atoms with E-state index in [1.165, 1.54) is 30.3 Å². The lowest BCUT2D eigenvalue weighted by Gasteiger charge is -2.26. The summed E-state index contributed by atoms with van der Waals surface area (Å²) < 4.78 is 15.5. The van der Waals surface area contributed by atoms with Crippen LogP contribution in [0.5, 0.6) is 5.75 Å². The number of ketones is 1. The fourth-order valence-corrected chi connectivity index (χ4v) is 3.77. The lowest BCUT2D eigenvalue weighted by molar-refractivity contribution is -0.132. The first-order valence-corrected chi connectivity index (χ1v) is 9.79. The van der Waals surface area contributed by atoms with Crippen LogP contribution < -0.4 is 4.90 Å². The minimum atomic E-state index is -1.25. The van der Waals surface area contributed by atoms with Gasteiger partial charge in [0.25, 0.3) is 11.7 Å². The number of phenols is 1. The molecule has 3 aromatic rings. The summed E-state index contributed by atoms with van der Waals surface area (Å²) in [6.07, 6.45) is 0. The van der Waals surface area contributed by atoms with Crippen LogP contribution in [0.3, 0.4) is 0 Å². The molecule has 0 aromatic heterocycles. The fraction of sp³-hybridized carbons (Fsp3) is 0.0435. The summed E-state index contributed by atoms with van der Waals surface area (Å²) in [6, 6.07) is 16.9. The molecule has 1 aliphatic heterocycles. The van der Waals surface area contributed by atoms with Crippen LogP contribution in [-0.2, 0) is 9.59 Å². The summed E-state index contributed by atoms with van der Waals surface area (Å²) in [6.45, 7) is 0. The van der Waals surface area contributed by atoms with Crippen molar-refractivity contribution in [1.82, 2.24) is 0 Å². The maximum atomic E-state index is 14.8. The van der Waals surface area contributed by atoms with E-state index < -0.39 is 29.3 Å². The second-order valence-electron chi connectivity index (χ2n) is 6.69. The number of Topliss-reactive ketones (excluding diaryl/α,β-unsaturated/α-hetero) is 1. The molecule has 0 spiro atoms. The first-order chi connectivity index (χ1) is 14.4. The van der Waals surface area contributed by atoms with Crippen molar-refractivity contribution >= 4 is 39.1 Å². The maximum absolute atomic E-state index is 14.8. The van der Waals surface area contributed by atoms with Crippen LogP contribution in [0.25, 0.3) is 5.76 Å². The van der Waals surface area contributed by atoms with Crippen LogP contribution in [0.4, 0.5) is 10.1 Å². The van der Waals surface area contributed by atoms with Gasteiger partial charge in [-0.25, -0.2) is 4.39 Å². The minimum Gasteiger partial charge on any atom is -0.507 e. The Morgan fingerprint density at radius 1 is 0.933 bits per heavy atom. The first-order valence-electron chi connectivity index (χ1n) is 8.99. The van der Waals surface area contributed by atoms with Crippen LogP contribution in [0.1, 0.15) is 17.2 Å². The van der Waals surface area contributed by atoms with Crippen LogP contribution in [-0.4, -0.2) is 21.9 Å². The molecule has 1 fully saturated rings. The van der Waals surface area contributed by atoms with E-state index in [1.807, 2.05) is 0 Å². The van der Waals surface area contributed by atoms with Gasteiger partial charge >= 0.3 is 0 Å². The van der Waals surface area contributed by atoms with E-state index in [2.05, 4.69) is 15.9 Å². The molecule has 2 N–H and O–H groups in total. The lowest BCUT2D eigenvalue weighted by atomic mass is 9.94. The van der Waals surface area contributed by atoms with Crippen molar-refractivity contribution < 1.29 is 24.2 Å². The molecule has 7 heteroatoms. The SMILES string of the molecule is O=C1C(=O)N(c2ccccc2O)C(c2ccccc2F)/C1=C(\O)c1ccc(Br)cc1. The highest BCUT2D eigenvalue weighted by Gasteiger charge is 2.48. The fourth-order valence-electron chi connectivity index (χ4n) is 3.50. The quantitative estimate of drug-likeness (QED) is 0.325. The van der Waals surface area contributed by atoms with E-state index >= 15 is 0 Å². The normalized spacial score (nSPS) is 18.1. The van der Waals surface area contributed by atoms with Crippen molar-refractivity contribution in [3.8, 4) is 5.75 Å². The van der Waals surface area contributed by atoms with Crippen molar-refractivity contribution in [3.63, 3.8) is 0 Å². The number of hydrogen-bond donors (Lipinski definition) is 2. The Balaban J connectivity index is 1.99. The van der Waals surface area contributed by atoms with Gasteiger partial charge in [0.05, 0.1) is 17.3 Å². The van der Waals surface area contributed by atoms with Crippen LogP contribution in [0.15, 0.2) is 82.8 Å². The van der Waals surface area contributed by atoms with Gasteiger partial charge in [0, 0.05) is 15.6 Å². The molecular formula is C23H15BrFNO4. The number of carbonyl (C=O) groups is 2. The van der Waals surface area contributed by atoms with Crippen LogP contribution >= 0.6 is 15.9 Å². The number of rotatable bonds is 3. The van der Waals surface area contributed by atoms with Crippen molar-refractivity contribution in [1.29, 1.82) is 0 Å². The number of para-hydroxylation sites is 2. The third kappa shape index (κ3) is 3.27. The molecule has 0 radical (unpaired) electrons. The molecule has 0 aliphatic carbocycles.